The Morgan fingerprint density at radius 3 is 2.86 bits per heavy atom. The van der Waals surface area contributed by atoms with Crippen molar-refractivity contribution in [3.05, 3.63) is 28.8 Å². The summed E-state index contributed by atoms with van der Waals surface area (Å²) in [5, 5.41) is 12.0. The third kappa shape index (κ3) is 2.28. The number of nitrogens with zero attached hydrogens (tertiary/aromatic N) is 5. The van der Waals surface area contributed by atoms with E-state index in [4.69, 9.17) is 4.98 Å². The lowest BCUT2D eigenvalue weighted by Gasteiger charge is -2.28. The summed E-state index contributed by atoms with van der Waals surface area (Å²) in [4.78, 5) is 11.7. The average molecular weight is 300 g/mol. The second-order valence-electron chi connectivity index (χ2n) is 5.13. The van der Waals surface area contributed by atoms with Crippen LogP contribution in [0.25, 0.3) is 16.9 Å². The van der Waals surface area contributed by atoms with Crippen LogP contribution < -0.4 is 10.2 Å². The van der Waals surface area contributed by atoms with E-state index in [0.717, 1.165) is 54.7 Å². The zero-order valence-electron chi connectivity index (χ0n) is 11.8. The van der Waals surface area contributed by atoms with Crippen molar-refractivity contribution < 1.29 is 0 Å². The van der Waals surface area contributed by atoms with Gasteiger partial charge in [-0.15, -0.1) is 0 Å². The molecular weight excluding hydrogens is 284 g/mol. The second-order valence-corrected chi connectivity index (χ2v) is 5.91. The molecule has 21 heavy (non-hydrogen) atoms. The molecule has 1 fully saturated rings. The zero-order valence-corrected chi connectivity index (χ0v) is 12.6. The molecule has 0 bridgehead atoms. The van der Waals surface area contributed by atoms with Crippen molar-refractivity contribution in [2.24, 2.45) is 0 Å². The highest BCUT2D eigenvalue weighted by Crippen LogP contribution is 2.25. The average Bonchev–Trinajstić information content (AvgIpc) is 3.15. The second kappa shape index (κ2) is 5.09. The van der Waals surface area contributed by atoms with Gasteiger partial charge in [-0.3, -0.25) is 0 Å². The minimum Gasteiger partial charge on any atom is -0.351 e. The molecule has 1 N–H and O–H groups in total. The van der Waals surface area contributed by atoms with Crippen LogP contribution in [0.1, 0.15) is 5.82 Å². The summed E-state index contributed by atoms with van der Waals surface area (Å²) in [6.45, 7) is 5.76. The van der Waals surface area contributed by atoms with E-state index in [0.29, 0.717) is 0 Å². The molecule has 3 aromatic rings. The molecule has 0 spiro atoms. The van der Waals surface area contributed by atoms with Crippen LogP contribution in [0.15, 0.2) is 23.0 Å². The predicted molar refractivity (Wildman–Crippen MR) is 83.9 cm³/mol. The maximum absolute atomic E-state index is 4.86. The van der Waals surface area contributed by atoms with Crippen molar-refractivity contribution in [3.8, 4) is 11.3 Å². The zero-order chi connectivity index (χ0) is 14.2. The van der Waals surface area contributed by atoms with Crippen molar-refractivity contribution in [2.45, 2.75) is 6.92 Å². The standard InChI is InChI=1S/C14H16N6S/c1-10-16-14-13(19-5-3-15-4-6-19)17-12(8-20(14)18-10)11-2-7-21-9-11/h2,7-9,15H,3-6H2,1H3. The summed E-state index contributed by atoms with van der Waals surface area (Å²) >= 11 is 1.68. The van der Waals surface area contributed by atoms with Gasteiger partial charge in [0, 0.05) is 37.1 Å². The van der Waals surface area contributed by atoms with Gasteiger partial charge >= 0.3 is 0 Å². The highest BCUT2D eigenvalue weighted by molar-refractivity contribution is 7.08. The van der Waals surface area contributed by atoms with E-state index in [1.807, 2.05) is 17.6 Å². The molecule has 0 atom stereocenters. The van der Waals surface area contributed by atoms with Gasteiger partial charge in [0.1, 0.15) is 5.82 Å². The van der Waals surface area contributed by atoms with Gasteiger partial charge in [-0.1, -0.05) is 0 Å². The SMILES string of the molecule is Cc1nc2c(N3CCNCC3)nc(-c3ccsc3)cn2n1. The van der Waals surface area contributed by atoms with Crippen LogP contribution in [0.2, 0.25) is 0 Å². The molecule has 0 radical (unpaired) electrons. The van der Waals surface area contributed by atoms with Gasteiger partial charge in [-0.05, 0) is 18.4 Å². The molecular formula is C14H16N6S. The van der Waals surface area contributed by atoms with Crippen LogP contribution in [0, 0.1) is 6.92 Å². The van der Waals surface area contributed by atoms with E-state index < -0.39 is 0 Å². The molecule has 0 amide bonds. The van der Waals surface area contributed by atoms with Crippen molar-refractivity contribution in [3.63, 3.8) is 0 Å². The first-order valence-corrected chi connectivity index (χ1v) is 7.98. The van der Waals surface area contributed by atoms with Gasteiger partial charge in [-0.2, -0.15) is 16.4 Å². The number of hydrogen-bond acceptors (Lipinski definition) is 6. The third-order valence-corrected chi connectivity index (χ3v) is 4.32. The molecule has 0 aliphatic carbocycles. The Morgan fingerprint density at radius 2 is 2.10 bits per heavy atom. The highest BCUT2D eigenvalue weighted by atomic mass is 32.1. The van der Waals surface area contributed by atoms with Crippen LogP contribution in [0.5, 0.6) is 0 Å². The number of aromatic nitrogens is 4. The topological polar surface area (TPSA) is 58.4 Å². The van der Waals surface area contributed by atoms with Gasteiger partial charge in [-0.25, -0.2) is 14.5 Å². The first-order valence-electron chi connectivity index (χ1n) is 7.03. The maximum Gasteiger partial charge on any atom is 0.198 e. The van der Waals surface area contributed by atoms with E-state index >= 15 is 0 Å². The van der Waals surface area contributed by atoms with E-state index in [2.05, 4.69) is 37.1 Å². The molecule has 7 heteroatoms. The normalized spacial score (nSPS) is 15.8. The molecule has 4 heterocycles. The Labute approximate surface area is 126 Å². The summed E-state index contributed by atoms with van der Waals surface area (Å²) in [5.41, 5.74) is 2.92. The number of rotatable bonds is 2. The van der Waals surface area contributed by atoms with Crippen molar-refractivity contribution in [2.75, 3.05) is 31.1 Å². The molecule has 3 aromatic heterocycles. The third-order valence-electron chi connectivity index (χ3n) is 3.64. The summed E-state index contributed by atoms with van der Waals surface area (Å²) in [6.07, 6.45) is 1.96. The fourth-order valence-electron chi connectivity index (χ4n) is 2.62. The van der Waals surface area contributed by atoms with Gasteiger partial charge in [0.25, 0.3) is 0 Å². The summed E-state index contributed by atoms with van der Waals surface area (Å²) in [7, 11) is 0. The monoisotopic (exact) mass is 300 g/mol. The number of aryl methyl sites for hydroxylation is 1. The molecule has 0 saturated carbocycles. The number of fused-ring (bicyclic) bond motifs is 1. The Hall–Kier alpha value is -1.99. The molecule has 1 aliphatic rings. The molecule has 0 unspecified atom stereocenters. The molecule has 0 aromatic carbocycles. The number of piperazine rings is 1. The molecule has 1 aliphatic heterocycles. The Bertz CT molecular complexity index is 757. The molecule has 108 valence electrons. The Balaban J connectivity index is 1.89. The minimum atomic E-state index is 0.774. The highest BCUT2D eigenvalue weighted by Gasteiger charge is 2.19. The van der Waals surface area contributed by atoms with Crippen molar-refractivity contribution in [1.29, 1.82) is 0 Å². The quantitative estimate of drug-likeness (QED) is 0.778. The van der Waals surface area contributed by atoms with Crippen molar-refractivity contribution >= 4 is 22.8 Å². The molecule has 1 saturated heterocycles. The lowest BCUT2D eigenvalue weighted by molar-refractivity contribution is 0.585. The van der Waals surface area contributed by atoms with Crippen LogP contribution in [-0.4, -0.2) is 45.8 Å². The predicted octanol–water partition coefficient (Wildman–Crippen LogP) is 1.57. The largest absolute Gasteiger partial charge is 0.351 e. The van der Waals surface area contributed by atoms with E-state index in [-0.39, 0.29) is 0 Å². The summed E-state index contributed by atoms with van der Waals surface area (Å²) < 4.78 is 1.85. The summed E-state index contributed by atoms with van der Waals surface area (Å²) in [6, 6.07) is 2.09. The Morgan fingerprint density at radius 1 is 1.24 bits per heavy atom. The van der Waals surface area contributed by atoms with Gasteiger partial charge < -0.3 is 10.2 Å². The van der Waals surface area contributed by atoms with Crippen LogP contribution in [0.4, 0.5) is 5.82 Å². The lowest BCUT2D eigenvalue weighted by atomic mass is 10.2. The van der Waals surface area contributed by atoms with Gasteiger partial charge in [0.15, 0.2) is 11.5 Å². The van der Waals surface area contributed by atoms with Crippen LogP contribution in [-0.2, 0) is 0 Å². The Kier molecular flexibility index (Phi) is 3.08. The maximum atomic E-state index is 4.86. The first kappa shape index (κ1) is 12.7. The first-order chi connectivity index (χ1) is 10.3. The fourth-order valence-corrected chi connectivity index (χ4v) is 3.27. The molecule has 4 rings (SSSR count). The van der Waals surface area contributed by atoms with Crippen molar-refractivity contribution in [1.82, 2.24) is 24.9 Å². The molecule has 6 nitrogen and oxygen atoms in total. The number of nitrogens with one attached hydrogen (secondary N) is 1. The van der Waals surface area contributed by atoms with E-state index in [1.54, 1.807) is 11.3 Å². The van der Waals surface area contributed by atoms with Gasteiger partial charge in [0.2, 0.25) is 0 Å². The van der Waals surface area contributed by atoms with Crippen LogP contribution >= 0.6 is 11.3 Å². The lowest BCUT2D eigenvalue weighted by Crippen LogP contribution is -2.44. The van der Waals surface area contributed by atoms with Crippen LogP contribution in [0.3, 0.4) is 0 Å². The smallest absolute Gasteiger partial charge is 0.198 e. The number of thiophene rings is 1. The van der Waals surface area contributed by atoms with E-state index in [9.17, 15) is 0 Å². The fraction of sp³-hybridized carbons (Fsp3) is 0.357. The minimum absolute atomic E-state index is 0.774. The van der Waals surface area contributed by atoms with Gasteiger partial charge in [0.05, 0.1) is 11.9 Å². The summed E-state index contributed by atoms with van der Waals surface area (Å²) in [5.74, 6) is 1.71. The van der Waals surface area contributed by atoms with E-state index in [1.165, 1.54) is 0 Å². The number of hydrogen-bond donors (Lipinski definition) is 1. The number of anilines is 1.